The lowest BCUT2D eigenvalue weighted by atomic mass is 10.1. The Kier molecular flexibility index (Phi) is 4.37. The molecule has 2 aromatic carbocycles. The molecule has 3 N–H and O–H groups in total. The zero-order valence-corrected chi connectivity index (χ0v) is 11.3. The van der Waals surface area contributed by atoms with Crippen molar-refractivity contribution in [2.45, 2.75) is 13.5 Å². The number of nitrogens with one attached hydrogen (secondary N) is 1. The van der Waals surface area contributed by atoms with Gasteiger partial charge >= 0.3 is 6.61 Å². The van der Waals surface area contributed by atoms with Gasteiger partial charge in [0.25, 0.3) is 5.91 Å². The van der Waals surface area contributed by atoms with Gasteiger partial charge in [0.1, 0.15) is 5.75 Å². The Labute approximate surface area is 120 Å². The van der Waals surface area contributed by atoms with Gasteiger partial charge in [-0.1, -0.05) is 12.1 Å². The first-order valence-corrected chi connectivity index (χ1v) is 6.18. The lowest BCUT2D eigenvalue weighted by Gasteiger charge is -2.10. The fourth-order valence-electron chi connectivity index (χ4n) is 1.78. The number of carbonyl (C=O) groups is 1. The first-order valence-electron chi connectivity index (χ1n) is 6.18. The molecule has 110 valence electrons. The van der Waals surface area contributed by atoms with E-state index in [1.54, 1.807) is 18.2 Å². The van der Waals surface area contributed by atoms with Crippen molar-refractivity contribution >= 4 is 17.3 Å². The van der Waals surface area contributed by atoms with E-state index in [2.05, 4.69) is 10.1 Å². The number of amides is 1. The molecule has 0 aliphatic carbocycles. The summed E-state index contributed by atoms with van der Waals surface area (Å²) >= 11 is 0. The number of rotatable bonds is 4. The van der Waals surface area contributed by atoms with Crippen LogP contribution in [0.15, 0.2) is 42.5 Å². The topological polar surface area (TPSA) is 64.3 Å². The number of benzene rings is 2. The van der Waals surface area contributed by atoms with Crippen LogP contribution in [0.1, 0.15) is 15.9 Å². The largest absolute Gasteiger partial charge is 0.435 e. The maximum atomic E-state index is 12.2. The number of alkyl halides is 2. The average molecular weight is 292 g/mol. The van der Waals surface area contributed by atoms with Crippen molar-refractivity contribution in [3.8, 4) is 5.75 Å². The van der Waals surface area contributed by atoms with Gasteiger partial charge in [-0.25, -0.2) is 0 Å². The predicted octanol–water partition coefficient (Wildman–Crippen LogP) is 3.43. The number of ether oxygens (including phenoxy) is 1. The minimum Gasteiger partial charge on any atom is -0.435 e. The van der Waals surface area contributed by atoms with E-state index in [1.807, 2.05) is 6.92 Å². The standard InChI is InChI=1S/C15H14F2N2O2/c1-9-5-6-11(18)8-13(9)19-14(20)10-3-2-4-12(7-10)21-15(16)17/h2-8,15H,18H2,1H3,(H,19,20). The second-order valence-electron chi connectivity index (χ2n) is 4.43. The zero-order chi connectivity index (χ0) is 15.4. The van der Waals surface area contributed by atoms with Crippen molar-refractivity contribution in [1.29, 1.82) is 0 Å². The number of carbonyl (C=O) groups excluding carboxylic acids is 1. The summed E-state index contributed by atoms with van der Waals surface area (Å²) in [6.45, 7) is -1.11. The average Bonchev–Trinajstić information content (AvgIpc) is 2.42. The molecule has 1 amide bonds. The molecule has 6 heteroatoms. The lowest BCUT2D eigenvalue weighted by Crippen LogP contribution is -2.13. The third-order valence-corrected chi connectivity index (χ3v) is 2.83. The van der Waals surface area contributed by atoms with Crippen LogP contribution >= 0.6 is 0 Å². The Morgan fingerprint density at radius 3 is 2.71 bits per heavy atom. The second-order valence-corrected chi connectivity index (χ2v) is 4.43. The number of nitrogen functional groups attached to an aromatic ring is 1. The molecule has 0 aromatic heterocycles. The van der Waals surface area contributed by atoms with Crippen LogP contribution in [0, 0.1) is 6.92 Å². The predicted molar refractivity (Wildman–Crippen MR) is 76.6 cm³/mol. The van der Waals surface area contributed by atoms with Crippen LogP contribution in [-0.2, 0) is 0 Å². The summed E-state index contributed by atoms with van der Waals surface area (Å²) in [5.41, 5.74) is 7.82. The molecule has 21 heavy (non-hydrogen) atoms. The van der Waals surface area contributed by atoms with Crippen molar-refractivity contribution in [2.24, 2.45) is 0 Å². The molecular formula is C15H14F2N2O2. The highest BCUT2D eigenvalue weighted by Gasteiger charge is 2.11. The summed E-state index contributed by atoms with van der Waals surface area (Å²) in [4.78, 5) is 12.1. The molecule has 0 spiro atoms. The third-order valence-electron chi connectivity index (χ3n) is 2.83. The minimum atomic E-state index is -2.93. The van der Waals surface area contributed by atoms with E-state index in [1.165, 1.54) is 24.3 Å². The minimum absolute atomic E-state index is 0.0676. The zero-order valence-electron chi connectivity index (χ0n) is 11.3. The van der Waals surface area contributed by atoms with Crippen LogP contribution in [0.2, 0.25) is 0 Å². The summed E-state index contributed by atoms with van der Waals surface area (Å²) in [7, 11) is 0. The van der Waals surface area contributed by atoms with E-state index in [0.29, 0.717) is 11.4 Å². The molecule has 0 unspecified atom stereocenters. The molecule has 0 heterocycles. The van der Waals surface area contributed by atoms with Gasteiger partial charge in [0.05, 0.1) is 0 Å². The SMILES string of the molecule is Cc1ccc(N)cc1NC(=O)c1cccc(OC(F)F)c1. The number of hydrogen-bond acceptors (Lipinski definition) is 3. The molecule has 0 saturated carbocycles. The molecule has 4 nitrogen and oxygen atoms in total. The van der Waals surface area contributed by atoms with Crippen molar-refractivity contribution in [3.05, 3.63) is 53.6 Å². The molecule has 0 radical (unpaired) electrons. The molecule has 0 aliphatic rings. The summed E-state index contributed by atoms with van der Waals surface area (Å²) < 4.78 is 28.6. The highest BCUT2D eigenvalue weighted by Crippen LogP contribution is 2.21. The number of aryl methyl sites for hydroxylation is 1. The molecule has 2 rings (SSSR count). The Balaban J connectivity index is 2.18. The molecule has 0 bridgehead atoms. The summed E-state index contributed by atoms with van der Waals surface area (Å²) in [5.74, 6) is -0.495. The maximum Gasteiger partial charge on any atom is 0.387 e. The van der Waals surface area contributed by atoms with Gasteiger partial charge in [-0.15, -0.1) is 0 Å². The van der Waals surface area contributed by atoms with Crippen molar-refractivity contribution in [2.75, 3.05) is 11.1 Å². The molecule has 0 aliphatic heterocycles. The van der Waals surface area contributed by atoms with Crippen LogP contribution in [0.5, 0.6) is 5.75 Å². The molecule has 0 fully saturated rings. The highest BCUT2D eigenvalue weighted by atomic mass is 19.3. The number of hydrogen-bond donors (Lipinski definition) is 2. The van der Waals surface area contributed by atoms with Gasteiger partial charge in [-0.05, 0) is 42.8 Å². The van der Waals surface area contributed by atoms with Crippen LogP contribution in [0.3, 0.4) is 0 Å². The van der Waals surface area contributed by atoms with Gasteiger partial charge < -0.3 is 15.8 Å². The number of anilines is 2. The van der Waals surface area contributed by atoms with E-state index in [-0.39, 0.29) is 11.3 Å². The second kappa shape index (κ2) is 6.21. The Morgan fingerprint density at radius 1 is 1.24 bits per heavy atom. The van der Waals surface area contributed by atoms with Crippen LogP contribution in [0.25, 0.3) is 0 Å². The highest BCUT2D eigenvalue weighted by molar-refractivity contribution is 6.05. The first-order chi connectivity index (χ1) is 9.95. The number of halogens is 2. The van der Waals surface area contributed by atoms with Crippen molar-refractivity contribution in [1.82, 2.24) is 0 Å². The smallest absolute Gasteiger partial charge is 0.387 e. The lowest BCUT2D eigenvalue weighted by molar-refractivity contribution is -0.0498. The maximum absolute atomic E-state index is 12.2. The number of nitrogens with two attached hydrogens (primary N) is 1. The fourth-order valence-corrected chi connectivity index (χ4v) is 1.78. The Hall–Kier alpha value is -2.63. The van der Waals surface area contributed by atoms with E-state index in [4.69, 9.17) is 5.73 Å². The molecule has 0 atom stereocenters. The van der Waals surface area contributed by atoms with Gasteiger partial charge in [0.2, 0.25) is 0 Å². The summed E-state index contributed by atoms with van der Waals surface area (Å²) in [6, 6.07) is 10.7. The van der Waals surface area contributed by atoms with Crippen LogP contribution in [0.4, 0.5) is 20.2 Å². The molecule has 0 saturated heterocycles. The molecule has 2 aromatic rings. The van der Waals surface area contributed by atoms with E-state index in [0.717, 1.165) is 5.56 Å². The van der Waals surface area contributed by atoms with Gasteiger partial charge in [-0.2, -0.15) is 8.78 Å². The summed E-state index contributed by atoms with van der Waals surface area (Å²) in [5, 5.41) is 2.69. The monoisotopic (exact) mass is 292 g/mol. The van der Waals surface area contributed by atoms with Crippen molar-refractivity contribution < 1.29 is 18.3 Å². The van der Waals surface area contributed by atoms with Gasteiger partial charge in [-0.3, -0.25) is 4.79 Å². The van der Waals surface area contributed by atoms with Crippen LogP contribution in [-0.4, -0.2) is 12.5 Å². The summed E-state index contributed by atoms with van der Waals surface area (Å²) in [6.07, 6.45) is 0. The van der Waals surface area contributed by atoms with Gasteiger partial charge in [0, 0.05) is 16.9 Å². The Morgan fingerprint density at radius 2 is 2.00 bits per heavy atom. The van der Waals surface area contributed by atoms with Gasteiger partial charge in [0.15, 0.2) is 0 Å². The fraction of sp³-hybridized carbons (Fsp3) is 0.133. The quantitative estimate of drug-likeness (QED) is 0.848. The first kappa shape index (κ1) is 14.8. The Bertz CT molecular complexity index is 660. The normalized spacial score (nSPS) is 10.5. The van der Waals surface area contributed by atoms with Crippen molar-refractivity contribution in [3.63, 3.8) is 0 Å². The van der Waals surface area contributed by atoms with E-state index < -0.39 is 12.5 Å². The van der Waals surface area contributed by atoms with Crippen LogP contribution < -0.4 is 15.8 Å². The van der Waals surface area contributed by atoms with E-state index >= 15 is 0 Å². The third kappa shape index (κ3) is 3.92. The van der Waals surface area contributed by atoms with E-state index in [9.17, 15) is 13.6 Å². The molecular weight excluding hydrogens is 278 g/mol.